The van der Waals surface area contributed by atoms with Crippen LogP contribution in [0.4, 0.5) is 0 Å². The molecule has 24 heavy (non-hydrogen) atoms. The molecule has 0 saturated heterocycles. The predicted octanol–water partition coefficient (Wildman–Crippen LogP) is 4.94. The van der Waals surface area contributed by atoms with Crippen LogP contribution >= 0.6 is 14.5 Å². The summed E-state index contributed by atoms with van der Waals surface area (Å²) in [6.45, 7) is 14.3. The molecule has 0 saturated carbocycles. The Morgan fingerprint density at radius 3 is 1.04 bits per heavy atom. The molecule has 0 aliphatic rings. The van der Waals surface area contributed by atoms with Crippen molar-refractivity contribution in [2.75, 3.05) is 40.0 Å². The van der Waals surface area contributed by atoms with Crippen LogP contribution in [0.3, 0.4) is 0 Å². The van der Waals surface area contributed by atoms with Crippen molar-refractivity contribution in [3.8, 4) is 0 Å². The fourth-order valence-corrected chi connectivity index (χ4v) is 4.86. The second-order valence-electron chi connectivity index (χ2n) is 8.46. The van der Waals surface area contributed by atoms with Gasteiger partial charge in [0, 0.05) is 0 Å². The topological polar surface area (TPSA) is 0 Å². The Balaban J connectivity index is 1.99. The number of hydrogen-bond acceptors (Lipinski definition) is 0. The van der Waals surface area contributed by atoms with E-state index in [1.54, 1.807) is 0 Å². The summed E-state index contributed by atoms with van der Waals surface area (Å²) in [6, 6.07) is 18.0. The molecule has 0 fully saturated rings. The standard InChI is InChI=1S/C22H32P2/c1-23(2,3)21-15-11-19(12-16-21)9-7-8-10-20-13-17-22(18-14-20)24(4,5)6/h7-18,23-24H,1-6H3. The minimum atomic E-state index is -1.19. The molecule has 0 heterocycles. The average Bonchev–Trinajstić information content (AvgIpc) is 2.51. The summed E-state index contributed by atoms with van der Waals surface area (Å²) in [7, 11) is -2.38. The Labute approximate surface area is 149 Å². The van der Waals surface area contributed by atoms with Gasteiger partial charge in [-0.1, -0.05) is 0 Å². The van der Waals surface area contributed by atoms with Crippen molar-refractivity contribution < 1.29 is 0 Å². The van der Waals surface area contributed by atoms with Crippen LogP contribution in [0.1, 0.15) is 11.1 Å². The van der Waals surface area contributed by atoms with E-state index in [-0.39, 0.29) is 0 Å². The van der Waals surface area contributed by atoms with E-state index in [2.05, 4.69) is 113 Å². The second kappa shape index (κ2) is 7.77. The van der Waals surface area contributed by atoms with E-state index in [4.69, 9.17) is 0 Å². The molecule has 0 unspecified atom stereocenters. The van der Waals surface area contributed by atoms with Crippen molar-refractivity contribution in [1.82, 2.24) is 0 Å². The van der Waals surface area contributed by atoms with Crippen LogP contribution in [-0.2, 0) is 0 Å². The van der Waals surface area contributed by atoms with Gasteiger partial charge in [0.05, 0.1) is 0 Å². The van der Waals surface area contributed by atoms with E-state index in [0.29, 0.717) is 0 Å². The molecule has 0 bridgehead atoms. The summed E-state index contributed by atoms with van der Waals surface area (Å²) >= 11 is 0. The Kier molecular flexibility index (Phi) is 6.19. The maximum atomic E-state index is 2.38. The molecule has 2 heteroatoms. The fourth-order valence-electron chi connectivity index (χ4n) is 2.52. The minimum absolute atomic E-state index is 1.19. The monoisotopic (exact) mass is 358 g/mol. The zero-order valence-electron chi connectivity index (χ0n) is 15.9. The quantitative estimate of drug-likeness (QED) is 0.524. The summed E-state index contributed by atoms with van der Waals surface area (Å²) < 4.78 is 0. The van der Waals surface area contributed by atoms with Gasteiger partial charge in [0.25, 0.3) is 0 Å². The first-order valence-electron chi connectivity index (χ1n) is 8.72. The van der Waals surface area contributed by atoms with Crippen LogP contribution in [-0.4, -0.2) is 40.0 Å². The molecule has 0 spiro atoms. The van der Waals surface area contributed by atoms with E-state index >= 15 is 0 Å². The Morgan fingerprint density at radius 2 is 0.792 bits per heavy atom. The molecule has 0 aliphatic heterocycles. The van der Waals surface area contributed by atoms with Crippen molar-refractivity contribution in [1.29, 1.82) is 0 Å². The third-order valence-electron chi connectivity index (χ3n) is 4.24. The molecule has 0 aliphatic carbocycles. The number of hydrogen-bond donors (Lipinski definition) is 0. The van der Waals surface area contributed by atoms with Gasteiger partial charge in [0.2, 0.25) is 0 Å². The summed E-state index contributed by atoms with van der Waals surface area (Å²) in [5, 5.41) is 3.02. The molecule has 0 atom stereocenters. The second-order valence-corrected chi connectivity index (χ2v) is 18.6. The van der Waals surface area contributed by atoms with Gasteiger partial charge in [-0.15, -0.1) is 0 Å². The molecular weight excluding hydrogens is 326 g/mol. The molecule has 0 radical (unpaired) electrons. The Bertz CT molecular complexity index is 641. The van der Waals surface area contributed by atoms with Gasteiger partial charge in [-0.05, 0) is 0 Å². The first-order chi connectivity index (χ1) is 11.2. The molecule has 130 valence electrons. The summed E-state index contributed by atoms with van der Waals surface area (Å²) in [5.74, 6) is 0. The molecule has 2 aromatic rings. The number of benzene rings is 2. The summed E-state index contributed by atoms with van der Waals surface area (Å²) in [6.07, 6.45) is 8.58. The zero-order valence-corrected chi connectivity index (χ0v) is 17.9. The third kappa shape index (κ3) is 5.70. The van der Waals surface area contributed by atoms with Gasteiger partial charge in [0.15, 0.2) is 0 Å². The van der Waals surface area contributed by atoms with Crippen LogP contribution in [0.5, 0.6) is 0 Å². The molecule has 0 amide bonds. The van der Waals surface area contributed by atoms with Crippen molar-refractivity contribution in [3.05, 3.63) is 71.8 Å². The SMILES string of the molecule is C[PH](C)(C)c1ccc(C=CC=Cc2ccc([PH](C)(C)C)cc2)cc1. The Morgan fingerprint density at radius 1 is 0.500 bits per heavy atom. The van der Waals surface area contributed by atoms with E-state index in [1.165, 1.54) is 21.7 Å². The summed E-state index contributed by atoms with van der Waals surface area (Å²) in [4.78, 5) is 0. The van der Waals surface area contributed by atoms with Crippen LogP contribution in [0.15, 0.2) is 60.7 Å². The molecular formula is C22H32P2. The summed E-state index contributed by atoms with van der Waals surface area (Å²) in [5.41, 5.74) is 2.52. The average molecular weight is 358 g/mol. The Hall–Kier alpha value is -1.22. The molecule has 0 nitrogen and oxygen atoms in total. The van der Waals surface area contributed by atoms with E-state index in [9.17, 15) is 0 Å². The van der Waals surface area contributed by atoms with E-state index in [0.717, 1.165) is 0 Å². The molecule has 2 aromatic carbocycles. The first kappa shape index (κ1) is 19.1. The van der Waals surface area contributed by atoms with Gasteiger partial charge in [0.1, 0.15) is 0 Å². The van der Waals surface area contributed by atoms with Crippen molar-refractivity contribution >= 4 is 37.3 Å². The number of rotatable bonds is 5. The van der Waals surface area contributed by atoms with Crippen molar-refractivity contribution in [2.45, 2.75) is 0 Å². The fraction of sp³-hybridized carbons (Fsp3) is 0.273. The van der Waals surface area contributed by atoms with Crippen molar-refractivity contribution in [3.63, 3.8) is 0 Å². The van der Waals surface area contributed by atoms with Gasteiger partial charge < -0.3 is 0 Å². The van der Waals surface area contributed by atoms with Crippen molar-refractivity contribution in [2.24, 2.45) is 0 Å². The van der Waals surface area contributed by atoms with Gasteiger partial charge >= 0.3 is 149 Å². The van der Waals surface area contributed by atoms with Gasteiger partial charge in [-0.3, -0.25) is 0 Å². The first-order valence-corrected chi connectivity index (χ1v) is 15.7. The van der Waals surface area contributed by atoms with Crippen LogP contribution < -0.4 is 10.6 Å². The van der Waals surface area contributed by atoms with Gasteiger partial charge in [-0.25, -0.2) is 0 Å². The predicted molar refractivity (Wildman–Crippen MR) is 122 cm³/mol. The molecule has 2 rings (SSSR count). The molecule has 0 aromatic heterocycles. The normalized spacial score (nSPS) is 14.4. The van der Waals surface area contributed by atoms with Crippen LogP contribution in [0, 0.1) is 0 Å². The number of allylic oxidation sites excluding steroid dienone is 2. The van der Waals surface area contributed by atoms with E-state index < -0.39 is 14.5 Å². The van der Waals surface area contributed by atoms with Crippen LogP contribution in [0.2, 0.25) is 0 Å². The zero-order chi connectivity index (χ0) is 17.8. The van der Waals surface area contributed by atoms with Gasteiger partial charge in [-0.2, -0.15) is 0 Å². The third-order valence-corrected chi connectivity index (χ3v) is 8.37. The maximum absolute atomic E-state index is 2.38. The van der Waals surface area contributed by atoms with Crippen LogP contribution in [0.25, 0.3) is 12.2 Å². The van der Waals surface area contributed by atoms with E-state index in [1.807, 2.05) is 0 Å². The molecule has 0 N–H and O–H groups in total.